The van der Waals surface area contributed by atoms with E-state index in [1.165, 1.54) is 18.1 Å². The molecule has 2 amide bonds. The van der Waals surface area contributed by atoms with Gasteiger partial charge in [0.05, 0.1) is 49.7 Å². The molecule has 1 aromatic heterocycles. The zero-order valence-electron chi connectivity index (χ0n) is 32.4. The number of benzene rings is 1. The molecule has 0 unspecified atom stereocenters. The third-order valence-electron chi connectivity index (χ3n) is 10.6. The Hall–Kier alpha value is -4.08. The molecule has 1 aromatic carbocycles. The zero-order valence-corrected chi connectivity index (χ0v) is 33.2. The fourth-order valence-corrected chi connectivity index (χ4v) is 8.34. The van der Waals surface area contributed by atoms with Crippen LogP contribution in [0, 0.1) is 22.7 Å². The van der Waals surface area contributed by atoms with Gasteiger partial charge in [0.2, 0.25) is 17.7 Å². The number of ketones is 1. The number of hydrogen-bond donors (Lipinski definition) is 1. The topological polar surface area (TPSA) is 177 Å². The lowest BCUT2D eigenvalue weighted by Crippen LogP contribution is -2.49. The van der Waals surface area contributed by atoms with Crippen LogP contribution in [0.15, 0.2) is 43.1 Å². The third kappa shape index (κ3) is 9.40. The van der Waals surface area contributed by atoms with Crippen LogP contribution in [0.3, 0.4) is 0 Å². The van der Waals surface area contributed by atoms with Gasteiger partial charge in [0, 0.05) is 31.5 Å². The van der Waals surface area contributed by atoms with Gasteiger partial charge in [-0.1, -0.05) is 26.8 Å². The van der Waals surface area contributed by atoms with Crippen LogP contribution in [0.1, 0.15) is 80.1 Å². The van der Waals surface area contributed by atoms with Gasteiger partial charge in [-0.2, -0.15) is 8.42 Å². The van der Waals surface area contributed by atoms with E-state index in [1.807, 2.05) is 43.7 Å². The molecule has 5 rings (SSSR count). The normalized spacial score (nSPS) is 24.0. The van der Waals surface area contributed by atoms with Gasteiger partial charge in [0.1, 0.15) is 17.5 Å². The summed E-state index contributed by atoms with van der Waals surface area (Å²) in [6.07, 6.45) is 3.15. The highest BCUT2D eigenvalue weighted by atomic mass is 32.2. The highest BCUT2D eigenvalue weighted by Gasteiger charge is 2.61. The number of ether oxygens (including phenoxy) is 4. The van der Waals surface area contributed by atoms with Gasteiger partial charge in [0.15, 0.2) is 5.78 Å². The SMILES string of the molecule is C=C[C@@H]1C[C@]1(CC(=O)[C@@H]1C[C@@H](Oc2nccc3cc(OC)ccc23)CN1C(=O)[C@@H](CC(=O)OC(C)(C)COC)C(C)(C)C)C(=O)NS(=O)(=O)OC1(C)CC1. The molecule has 296 valence electrons. The van der Waals surface area contributed by atoms with E-state index in [2.05, 4.69) is 11.6 Å². The molecule has 1 saturated heterocycles. The maximum absolute atomic E-state index is 14.6. The van der Waals surface area contributed by atoms with E-state index in [-0.39, 0.29) is 38.8 Å². The zero-order chi connectivity index (χ0) is 39.9. The van der Waals surface area contributed by atoms with Gasteiger partial charge >= 0.3 is 16.3 Å². The smallest absolute Gasteiger partial charge is 0.362 e. The number of nitrogens with one attached hydrogen (secondary N) is 1. The first kappa shape index (κ1) is 41.1. The first-order valence-electron chi connectivity index (χ1n) is 18.2. The average Bonchev–Trinajstić information content (AvgIpc) is 3.94. The number of hydrogen-bond acceptors (Lipinski definition) is 12. The second-order valence-corrected chi connectivity index (χ2v) is 18.0. The molecule has 5 atom stereocenters. The molecule has 54 heavy (non-hydrogen) atoms. The Balaban J connectivity index is 1.43. The molecule has 2 aromatic rings. The minimum atomic E-state index is -4.45. The molecule has 15 heteroatoms. The van der Waals surface area contributed by atoms with Crippen LogP contribution >= 0.6 is 0 Å². The summed E-state index contributed by atoms with van der Waals surface area (Å²) in [5.74, 6) is -2.78. The predicted octanol–water partition coefficient (Wildman–Crippen LogP) is 4.69. The molecule has 2 heterocycles. The molecular weight excluding hydrogens is 719 g/mol. The van der Waals surface area contributed by atoms with Gasteiger partial charge in [-0.05, 0) is 81.0 Å². The molecule has 3 fully saturated rings. The summed E-state index contributed by atoms with van der Waals surface area (Å²) < 4.78 is 55.5. The number of rotatable bonds is 17. The quantitative estimate of drug-likeness (QED) is 0.174. The second kappa shape index (κ2) is 15.2. The van der Waals surface area contributed by atoms with Crippen molar-refractivity contribution >= 4 is 44.6 Å². The van der Waals surface area contributed by atoms with E-state index >= 15 is 0 Å². The van der Waals surface area contributed by atoms with Crippen LogP contribution in [-0.4, -0.2) is 92.6 Å². The molecule has 2 aliphatic carbocycles. The molecule has 3 aliphatic rings. The fourth-order valence-electron chi connectivity index (χ4n) is 7.17. The van der Waals surface area contributed by atoms with Gasteiger partial charge in [-0.15, -0.1) is 6.58 Å². The number of likely N-dealkylation sites (tertiary alicyclic amines) is 1. The van der Waals surface area contributed by atoms with Gasteiger partial charge in [-0.25, -0.2) is 13.9 Å². The molecular formula is C39H53N3O11S. The summed E-state index contributed by atoms with van der Waals surface area (Å²) in [4.78, 5) is 61.9. The second-order valence-electron chi connectivity index (χ2n) is 16.7. The Morgan fingerprint density at radius 1 is 1.11 bits per heavy atom. The molecule has 2 saturated carbocycles. The first-order chi connectivity index (χ1) is 25.1. The maximum atomic E-state index is 14.6. The monoisotopic (exact) mass is 771 g/mol. The van der Waals surface area contributed by atoms with Crippen LogP contribution in [0.25, 0.3) is 10.8 Å². The van der Waals surface area contributed by atoms with Crippen LogP contribution in [0.4, 0.5) is 0 Å². The number of Topliss-reactive ketones (excluding diaryl/α,β-unsaturated/α-hetero) is 1. The molecule has 1 N–H and O–H groups in total. The maximum Gasteiger partial charge on any atom is 0.362 e. The number of nitrogens with zero attached hydrogens (tertiary/aromatic N) is 2. The molecule has 1 aliphatic heterocycles. The van der Waals surface area contributed by atoms with E-state index in [0.29, 0.717) is 29.9 Å². The Morgan fingerprint density at radius 2 is 1.81 bits per heavy atom. The number of fused-ring (bicyclic) bond motifs is 1. The standard InChI is InChI=1S/C39H53N3O11S/c1-10-25-20-39(25,35(46)41-54(47,48)53-38(7)14-15-38)21-31(43)30-18-27(51-33-28-12-11-26(50-9)17-24(28)13-16-40-33)22-42(30)34(45)29(36(2,3)4)19-32(44)52-37(5,6)23-49-8/h10-13,16-17,25,27,29-30H,1,14-15,18-23H2,2-9H3,(H,41,46)/t25-,27-,29-,30+,39-/m1/s1. The number of allylic oxidation sites excluding steroid dienone is 1. The van der Waals surface area contributed by atoms with Crippen molar-refractivity contribution in [3.63, 3.8) is 0 Å². The number of pyridine rings is 1. The Morgan fingerprint density at radius 3 is 2.41 bits per heavy atom. The minimum Gasteiger partial charge on any atom is -0.497 e. The number of methoxy groups -OCH3 is 2. The van der Waals surface area contributed by atoms with Crippen molar-refractivity contribution in [2.75, 3.05) is 27.4 Å². The van der Waals surface area contributed by atoms with Gasteiger partial charge in [0.25, 0.3) is 0 Å². The van der Waals surface area contributed by atoms with Gasteiger partial charge < -0.3 is 23.8 Å². The fraction of sp³-hybridized carbons (Fsp3) is 0.615. The first-order valence-corrected chi connectivity index (χ1v) is 19.6. The third-order valence-corrected chi connectivity index (χ3v) is 11.6. The highest BCUT2D eigenvalue weighted by molar-refractivity contribution is 7.85. The summed E-state index contributed by atoms with van der Waals surface area (Å²) in [5.41, 5.74) is -3.93. The summed E-state index contributed by atoms with van der Waals surface area (Å²) in [7, 11) is -1.38. The Kier molecular flexibility index (Phi) is 11.6. The number of aromatic nitrogens is 1. The predicted molar refractivity (Wildman–Crippen MR) is 199 cm³/mol. The van der Waals surface area contributed by atoms with E-state index in [0.717, 1.165) is 5.39 Å². The number of carbonyl (C=O) groups excluding carboxylic acids is 4. The highest BCUT2D eigenvalue weighted by Crippen LogP contribution is 2.57. The van der Waals surface area contributed by atoms with Crippen molar-refractivity contribution in [2.24, 2.45) is 22.7 Å². The van der Waals surface area contributed by atoms with Crippen LogP contribution < -0.4 is 14.2 Å². The molecule has 0 radical (unpaired) electrons. The van der Waals surface area contributed by atoms with E-state index < -0.39 is 79.9 Å². The van der Waals surface area contributed by atoms with Gasteiger partial charge in [-0.3, -0.25) is 19.2 Å². The average molecular weight is 772 g/mol. The van der Waals surface area contributed by atoms with Crippen LogP contribution in [0.2, 0.25) is 0 Å². The molecule has 0 spiro atoms. The number of esters is 1. The summed E-state index contributed by atoms with van der Waals surface area (Å²) in [5, 5.41) is 1.51. The lowest BCUT2D eigenvalue weighted by atomic mass is 9.77. The number of amides is 2. The number of carbonyl (C=O) groups is 4. The van der Waals surface area contributed by atoms with Crippen LogP contribution in [-0.2, 0) is 43.1 Å². The van der Waals surface area contributed by atoms with Crippen molar-refractivity contribution in [1.29, 1.82) is 0 Å². The summed E-state index contributed by atoms with van der Waals surface area (Å²) in [6, 6.07) is 6.19. The van der Waals surface area contributed by atoms with Crippen molar-refractivity contribution in [3.05, 3.63) is 43.1 Å². The molecule has 0 bridgehead atoms. The van der Waals surface area contributed by atoms with E-state index in [9.17, 15) is 27.6 Å². The Bertz CT molecular complexity index is 1900. The van der Waals surface area contributed by atoms with E-state index in [1.54, 1.807) is 40.1 Å². The van der Waals surface area contributed by atoms with Crippen molar-refractivity contribution < 1.29 is 50.7 Å². The lowest BCUT2D eigenvalue weighted by molar-refractivity contribution is -0.166. The van der Waals surface area contributed by atoms with Crippen molar-refractivity contribution in [2.45, 2.75) is 103 Å². The molecule has 14 nitrogen and oxygen atoms in total. The largest absolute Gasteiger partial charge is 0.497 e. The summed E-state index contributed by atoms with van der Waals surface area (Å²) >= 11 is 0. The minimum absolute atomic E-state index is 0.00879. The van der Waals surface area contributed by atoms with Crippen molar-refractivity contribution in [3.8, 4) is 11.6 Å². The summed E-state index contributed by atoms with van der Waals surface area (Å²) in [6.45, 7) is 14.5. The van der Waals surface area contributed by atoms with Crippen LogP contribution in [0.5, 0.6) is 11.6 Å². The van der Waals surface area contributed by atoms with E-state index in [4.69, 9.17) is 23.1 Å². The lowest BCUT2D eigenvalue weighted by Gasteiger charge is -2.35. The van der Waals surface area contributed by atoms with Crippen molar-refractivity contribution in [1.82, 2.24) is 14.6 Å². The Labute approximate surface area is 317 Å².